The van der Waals surface area contributed by atoms with Crippen molar-refractivity contribution in [2.45, 2.75) is 45.3 Å². The van der Waals surface area contributed by atoms with Crippen molar-refractivity contribution in [1.29, 1.82) is 0 Å². The van der Waals surface area contributed by atoms with Crippen LogP contribution in [0.5, 0.6) is 0 Å². The Bertz CT molecular complexity index is 205. The molecule has 1 nitrogen and oxygen atoms in total. The zero-order valence-corrected chi connectivity index (χ0v) is 7.55. The van der Waals surface area contributed by atoms with E-state index in [0.717, 1.165) is 0 Å². The predicted molar refractivity (Wildman–Crippen MR) is 45.4 cm³/mol. The van der Waals surface area contributed by atoms with Crippen LogP contribution in [0.25, 0.3) is 0 Å². The predicted octanol–water partition coefficient (Wildman–Crippen LogP) is 2.52. The van der Waals surface area contributed by atoms with Gasteiger partial charge < -0.3 is 4.74 Å². The van der Waals surface area contributed by atoms with Crippen molar-refractivity contribution >= 4 is 0 Å². The molecule has 0 aromatic rings. The number of epoxide rings is 1. The lowest BCUT2D eigenvalue weighted by molar-refractivity contribution is 0.281. The quantitative estimate of drug-likeness (QED) is 0.415. The van der Waals surface area contributed by atoms with Gasteiger partial charge in [-0.3, -0.25) is 0 Å². The first-order chi connectivity index (χ1) is 5.15. The fourth-order valence-electron chi connectivity index (χ4n) is 2.11. The summed E-state index contributed by atoms with van der Waals surface area (Å²) >= 11 is 0. The SMILES string of the molecule is CC1=CC2(C(C)C)OC2CC1. The van der Waals surface area contributed by atoms with Gasteiger partial charge in [-0.1, -0.05) is 25.5 Å². The van der Waals surface area contributed by atoms with Crippen molar-refractivity contribution in [2.75, 3.05) is 0 Å². The molecular weight excluding hydrogens is 136 g/mol. The number of hydrogen-bond acceptors (Lipinski definition) is 1. The van der Waals surface area contributed by atoms with Gasteiger partial charge in [0.05, 0.1) is 6.10 Å². The summed E-state index contributed by atoms with van der Waals surface area (Å²) in [5.41, 5.74) is 1.66. The van der Waals surface area contributed by atoms with E-state index >= 15 is 0 Å². The van der Waals surface area contributed by atoms with Crippen molar-refractivity contribution in [3.05, 3.63) is 11.6 Å². The third-order valence-corrected chi connectivity index (χ3v) is 2.97. The van der Waals surface area contributed by atoms with Crippen molar-refractivity contribution in [2.24, 2.45) is 5.92 Å². The fraction of sp³-hybridized carbons (Fsp3) is 0.800. The van der Waals surface area contributed by atoms with Crippen molar-refractivity contribution in [3.63, 3.8) is 0 Å². The summed E-state index contributed by atoms with van der Waals surface area (Å²) in [5.74, 6) is 0.641. The molecular formula is C10H16O. The molecule has 0 aromatic heterocycles. The molecule has 11 heavy (non-hydrogen) atoms. The van der Waals surface area contributed by atoms with E-state index in [1.807, 2.05) is 0 Å². The Morgan fingerprint density at radius 2 is 2.36 bits per heavy atom. The Hall–Kier alpha value is -0.300. The van der Waals surface area contributed by atoms with Gasteiger partial charge in [0, 0.05) is 0 Å². The first kappa shape index (κ1) is 7.35. The van der Waals surface area contributed by atoms with Crippen LogP contribution in [0.4, 0.5) is 0 Å². The van der Waals surface area contributed by atoms with Gasteiger partial charge in [-0.15, -0.1) is 0 Å². The maximum atomic E-state index is 5.72. The number of ether oxygens (including phenoxy) is 1. The lowest BCUT2D eigenvalue weighted by atomic mass is 9.84. The fourth-order valence-corrected chi connectivity index (χ4v) is 2.11. The smallest absolute Gasteiger partial charge is 0.115 e. The van der Waals surface area contributed by atoms with E-state index in [4.69, 9.17) is 4.74 Å². The van der Waals surface area contributed by atoms with E-state index in [-0.39, 0.29) is 5.60 Å². The topological polar surface area (TPSA) is 12.5 Å². The molecule has 62 valence electrons. The molecule has 1 fully saturated rings. The highest BCUT2D eigenvalue weighted by Gasteiger charge is 2.57. The molecule has 0 N–H and O–H groups in total. The van der Waals surface area contributed by atoms with E-state index in [0.29, 0.717) is 12.0 Å². The summed E-state index contributed by atoms with van der Waals surface area (Å²) < 4.78 is 5.72. The van der Waals surface area contributed by atoms with Crippen LogP contribution in [0, 0.1) is 5.92 Å². The minimum Gasteiger partial charge on any atom is -0.361 e. The van der Waals surface area contributed by atoms with E-state index < -0.39 is 0 Å². The molecule has 1 heteroatoms. The Morgan fingerprint density at radius 3 is 2.91 bits per heavy atom. The third-order valence-electron chi connectivity index (χ3n) is 2.97. The molecule has 0 bridgehead atoms. The number of fused-ring (bicyclic) bond motifs is 1. The molecule has 2 unspecified atom stereocenters. The Labute approximate surface area is 68.4 Å². The monoisotopic (exact) mass is 152 g/mol. The Balaban J connectivity index is 2.23. The van der Waals surface area contributed by atoms with Crippen LogP contribution in [0.15, 0.2) is 11.6 Å². The molecule has 2 rings (SSSR count). The van der Waals surface area contributed by atoms with Gasteiger partial charge in [0.25, 0.3) is 0 Å². The zero-order chi connectivity index (χ0) is 8.06. The van der Waals surface area contributed by atoms with Crippen LogP contribution < -0.4 is 0 Å². The van der Waals surface area contributed by atoms with Gasteiger partial charge in [0.2, 0.25) is 0 Å². The molecule has 0 spiro atoms. The van der Waals surface area contributed by atoms with Crippen LogP contribution in [0.3, 0.4) is 0 Å². The molecule has 0 amide bonds. The lowest BCUT2D eigenvalue weighted by Gasteiger charge is -2.17. The molecule has 0 radical (unpaired) electrons. The van der Waals surface area contributed by atoms with Gasteiger partial charge in [0.15, 0.2) is 0 Å². The molecule has 0 saturated carbocycles. The molecule has 2 atom stereocenters. The molecule has 1 aliphatic carbocycles. The van der Waals surface area contributed by atoms with Crippen LogP contribution in [0.2, 0.25) is 0 Å². The molecule has 1 heterocycles. The number of rotatable bonds is 1. The highest BCUT2D eigenvalue weighted by molar-refractivity contribution is 5.26. The summed E-state index contributed by atoms with van der Waals surface area (Å²) in [5, 5.41) is 0. The summed E-state index contributed by atoms with van der Waals surface area (Å²) in [6.45, 7) is 6.70. The maximum Gasteiger partial charge on any atom is 0.115 e. The average molecular weight is 152 g/mol. The largest absolute Gasteiger partial charge is 0.361 e. The highest BCUT2D eigenvalue weighted by atomic mass is 16.6. The minimum absolute atomic E-state index is 0.155. The second-order valence-corrected chi connectivity index (χ2v) is 4.14. The minimum atomic E-state index is 0.155. The third kappa shape index (κ3) is 0.943. The van der Waals surface area contributed by atoms with Gasteiger partial charge >= 0.3 is 0 Å². The van der Waals surface area contributed by atoms with Crippen LogP contribution >= 0.6 is 0 Å². The van der Waals surface area contributed by atoms with Crippen LogP contribution in [-0.4, -0.2) is 11.7 Å². The van der Waals surface area contributed by atoms with Gasteiger partial charge in [-0.2, -0.15) is 0 Å². The van der Waals surface area contributed by atoms with E-state index in [2.05, 4.69) is 26.8 Å². The second kappa shape index (κ2) is 2.10. The normalized spacial score (nSPS) is 41.8. The number of allylic oxidation sites excluding steroid dienone is 1. The van der Waals surface area contributed by atoms with Gasteiger partial charge in [0.1, 0.15) is 5.60 Å². The van der Waals surface area contributed by atoms with Crippen molar-refractivity contribution in [3.8, 4) is 0 Å². The average Bonchev–Trinajstić information content (AvgIpc) is 2.62. The van der Waals surface area contributed by atoms with Crippen molar-refractivity contribution in [1.82, 2.24) is 0 Å². The van der Waals surface area contributed by atoms with Crippen molar-refractivity contribution < 1.29 is 4.74 Å². The lowest BCUT2D eigenvalue weighted by Crippen LogP contribution is -2.23. The standard InChI is InChI=1S/C10H16O/c1-7(2)10-6-8(3)4-5-9(10)11-10/h6-7,9H,4-5H2,1-3H3. The number of hydrogen-bond donors (Lipinski definition) is 0. The molecule has 1 aliphatic heterocycles. The first-order valence-electron chi connectivity index (χ1n) is 4.51. The maximum absolute atomic E-state index is 5.72. The van der Waals surface area contributed by atoms with Gasteiger partial charge in [-0.25, -0.2) is 0 Å². The highest BCUT2D eigenvalue weighted by Crippen LogP contribution is 2.50. The molecule has 2 aliphatic rings. The summed E-state index contributed by atoms with van der Waals surface area (Å²) in [6, 6.07) is 0. The first-order valence-corrected chi connectivity index (χ1v) is 4.51. The summed E-state index contributed by atoms with van der Waals surface area (Å²) in [7, 11) is 0. The van der Waals surface area contributed by atoms with E-state index in [1.165, 1.54) is 18.4 Å². The zero-order valence-electron chi connectivity index (χ0n) is 7.55. The van der Waals surface area contributed by atoms with Crippen LogP contribution in [-0.2, 0) is 4.74 Å². The van der Waals surface area contributed by atoms with Crippen LogP contribution in [0.1, 0.15) is 33.6 Å². The Kier molecular flexibility index (Phi) is 1.40. The van der Waals surface area contributed by atoms with E-state index in [9.17, 15) is 0 Å². The van der Waals surface area contributed by atoms with Gasteiger partial charge in [-0.05, 0) is 25.7 Å². The second-order valence-electron chi connectivity index (χ2n) is 4.14. The molecule has 1 saturated heterocycles. The van der Waals surface area contributed by atoms with E-state index in [1.54, 1.807) is 0 Å². The molecule has 0 aromatic carbocycles. The Morgan fingerprint density at radius 1 is 1.64 bits per heavy atom. The summed E-state index contributed by atoms with van der Waals surface area (Å²) in [6.07, 6.45) is 5.36. The summed E-state index contributed by atoms with van der Waals surface area (Å²) in [4.78, 5) is 0.